The lowest BCUT2D eigenvalue weighted by molar-refractivity contribution is -0.139. The predicted molar refractivity (Wildman–Crippen MR) is 65.6 cm³/mol. The van der Waals surface area contributed by atoms with Gasteiger partial charge in [-0.3, -0.25) is 4.79 Å². The zero-order valence-electron chi connectivity index (χ0n) is 9.67. The quantitative estimate of drug-likeness (QED) is 0.591. The molecule has 1 atom stereocenters. The highest BCUT2D eigenvalue weighted by Crippen LogP contribution is 2.27. The lowest BCUT2D eigenvalue weighted by Gasteiger charge is -2.32. The molecule has 0 saturated heterocycles. The molecule has 0 aromatic heterocycles. The second kappa shape index (κ2) is 6.57. The summed E-state index contributed by atoms with van der Waals surface area (Å²) in [5, 5.41) is 13.3. The van der Waals surface area contributed by atoms with Crippen molar-refractivity contribution in [3.05, 3.63) is 0 Å². The highest BCUT2D eigenvalue weighted by Gasteiger charge is 2.29. The minimum Gasteiger partial charge on any atom is -0.468 e. The van der Waals surface area contributed by atoms with Gasteiger partial charge in [0, 0.05) is 13.1 Å². The number of aliphatic hydroxyl groups is 1. The number of hydrogen-bond donors (Lipinski definition) is 2. The molecule has 0 amide bonds. The van der Waals surface area contributed by atoms with E-state index in [1.165, 1.54) is 13.5 Å². The van der Waals surface area contributed by atoms with Gasteiger partial charge in [0.1, 0.15) is 4.83 Å². The summed E-state index contributed by atoms with van der Waals surface area (Å²) in [6, 6.07) is 0. The van der Waals surface area contributed by atoms with Crippen LogP contribution >= 0.6 is 15.9 Å². The van der Waals surface area contributed by atoms with Crippen LogP contribution in [0.4, 0.5) is 0 Å². The van der Waals surface area contributed by atoms with Crippen molar-refractivity contribution in [2.75, 3.05) is 20.2 Å². The van der Waals surface area contributed by atoms with Gasteiger partial charge in [0.15, 0.2) is 0 Å². The average Bonchev–Trinajstić information content (AvgIpc) is 2.28. The molecule has 0 spiro atoms. The SMILES string of the molecule is COC(=O)C(Br)CNCC1(O)CCCCC1. The number of halogens is 1. The van der Waals surface area contributed by atoms with E-state index in [0.717, 1.165) is 25.7 Å². The molecular weight excluding hydrogens is 274 g/mol. The van der Waals surface area contributed by atoms with Crippen molar-refractivity contribution in [3.8, 4) is 0 Å². The number of carbonyl (C=O) groups excluding carboxylic acids is 1. The fourth-order valence-electron chi connectivity index (χ4n) is 2.03. The summed E-state index contributed by atoms with van der Waals surface area (Å²) in [5.41, 5.74) is -0.582. The third-order valence-corrected chi connectivity index (χ3v) is 3.72. The van der Waals surface area contributed by atoms with Gasteiger partial charge in [-0.25, -0.2) is 0 Å². The molecular formula is C11H20BrNO3. The number of methoxy groups -OCH3 is 1. The Bertz CT molecular complexity index is 229. The van der Waals surface area contributed by atoms with E-state index in [2.05, 4.69) is 26.0 Å². The Labute approximate surface area is 105 Å². The van der Waals surface area contributed by atoms with Crippen molar-refractivity contribution >= 4 is 21.9 Å². The first-order valence-corrected chi connectivity index (χ1v) is 6.64. The first-order chi connectivity index (χ1) is 7.57. The zero-order valence-corrected chi connectivity index (χ0v) is 11.3. The third-order valence-electron chi connectivity index (χ3n) is 3.02. The Hall–Kier alpha value is -0.130. The number of nitrogens with one attached hydrogen (secondary N) is 1. The summed E-state index contributed by atoms with van der Waals surface area (Å²) in [7, 11) is 1.37. The van der Waals surface area contributed by atoms with Crippen molar-refractivity contribution in [2.24, 2.45) is 0 Å². The fraction of sp³-hybridized carbons (Fsp3) is 0.909. The molecule has 1 unspecified atom stereocenters. The molecule has 5 heteroatoms. The van der Waals surface area contributed by atoms with Gasteiger partial charge in [-0.1, -0.05) is 35.2 Å². The molecule has 4 nitrogen and oxygen atoms in total. The Morgan fingerprint density at radius 3 is 2.69 bits per heavy atom. The van der Waals surface area contributed by atoms with E-state index in [1.54, 1.807) is 0 Å². The third kappa shape index (κ3) is 4.39. The molecule has 0 radical (unpaired) electrons. The van der Waals surface area contributed by atoms with Gasteiger partial charge in [-0.2, -0.15) is 0 Å². The second-order valence-corrected chi connectivity index (χ2v) is 5.51. The topological polar surface area (TPSA) is 58.6 Å². The van der Waals surface area contributed by atoms with Crippen molar-refractivity contribution in [3.63, 3.8) is 0 Å². The van der Waals surface area contributed by atoms with Crippen LogP contribution in [0.5, 0.6) is 0 Å². The number of carbonyl (C=O) groups is 1. The highest BCUT2D eigenvalue weighted by molar-refractivity contribution is 9.10. The maximum absolute atomic E-state index is 11.1. The van der Waals surface area contributed by atoms with Crippen LogP contribution < -0.4 is 5.32 Å². The molecule has 1 aliphatic carbocycles. The largest absolute Gasteiger partial charge is 0.468 e. The van der Waals surface area contributed by atoms with Crippen molar-refractivity contribution in [1.29, 1.82) is 0 Å². The molecule has 1 fully saturated rings. The van der Waals surface area contributed by atoms with Gasteiger partial charge < -0.3 is 15.2 Å². The average molecular weight is 294 g/mol. The van der Waals surface area contributed by atoms with Crippen LogP contribution in [-0.4, -0.2) is 41.7 Å². The molecule has 0 aliphatic heterocycles. The van der Waals surface area contributed by atoms with E-state index in [-0.39, 0.29) is 10.8 Å². The number of hydrogen-bond acceptors (Lipinski definition) is 4. The standard InChI is InChI=1S/C11H20BrNO3/c1-16-10(14)9(12)7-13-8-11(15)5-3-2-4-6-11/h9,13,15H,2-8H2,1H3. The van der Waals surface area contributed by atoms with Crippen LogP contribution in [-0.2, 0) is 9.53 Å². The number of esters is 1. The van der Waals surface area contributed by atoms with E-state index in [4.69, 9.17) is 0 Å². The van der Waals surface area contributed by atoms with E-state index in [0.29, 0.717) is 13.1 Å². The first-order valence-electron chi connectivity index (χ1n) is 5.72. The van der Waals surface area contributed by atoms with E-state index >= 15 is 0 Å². The molecule has 1 aliphatic rings. The monoisotopic (exact) mass is 293 g/mol. The van der Waals surface area contributed by atoms with Crippen molar-refractivity contribution in [1.82, 2.24) is 5.32 Å². The Morgan fingerprint density at radius 1 is 1.50 bits per heavy atom. The van der Waals surface area contributed by atoms with Crippen LogP contribution in [0.3, 0.4) is 0 Å². The van der Waals surface area contributed by atoms with Crippen LogP contribution in [0, 0.1) is 0 Å². The summed E-state index contributed by atoms with van der Waals surface area (Å²) >= 11 is 3.23. The summed E-state index contributed by atoms with van der Waals surface area (Å²) in [6.07, 6.45) is 5.10. The Morgan fingerprint density at radius 2 is 2.12 bits per heavy atom. The number of ether oxygens (including phenoxy) is 1. The Balaban J connectivity index is 2.21. The van der Waals surface area contributed by atoms with Gasteiger partial charge >= 0.3 is 5.97 Å². The van der Waals surface area contributed by atoms with Gasteiger partial charge in [0.2, 0.25) is 0 Å². The summed E-state index contributed by atoms with van der Waals surface area (Å²) in [6.45, 7) is 1.03. The van der Waals surface area contributed by atoms with Gasteiger partial charge in [0.25, 0.3) is 0 Å². The molecule has 94 valence electrons. The molecule has 0 aromatic carbocycles. The maximum Gasteiger partial charge on any atom is 0.320 e. The summed E-state index contributed by atoms with van der Waals surface area (Å²) < 4.78 is 4.59. The molecule has 0 heterocycles. The maximum atomic E-state index is 11.1. The fourth-order valence-corrected chi connectivity index (χ4v) is 2.45. The zero-order chi connectivity index (χ0) is 12.0. The van der Waals surface area contributed by atoms with Gasteiger partial charge in [-0.15, -0.1) is 0 Å². The van der Waals surface area contributed by atoms with Gasteiger partial charge in [-0.05, 0) is 12.8 Å². The van der Waals surface area contributed by atoms with E-state index in [9.17, 15) is 9.90 Å². The molecule has 1 rings (SSSR count). The van der Waals surface area contributed by atoms with Crippen LogP contribution in [0.25, 0.3) is 0 Å². The minimum absolute atomic E-state index is 0.289. The molecule has 16 heavy (non-hydrogen) atoms. The summed E-state index contributed by atoms with van der Waals surface area (Å²) in [4.78, 5) is 10.8. The van der Waals surface area contributed by atoms with E-state index < -0.39 is 5.60 Å². The minimum atomic E-state index is -0.582. The molecule has 2 N–H and O–H groups in total. The summed E-state index contributed by atoms with van der Waals surface area (Å²) in [5.74, 6) is -0.289. The van der Waals surface area contributed by atoms with Gasteiger partial charge in [0.05, 0.1) is 12.7 Å². The number of rotatable bonds is 5. The van der Waals surface area contributed by atoms with Crippen LogP contribution in [0.15, 0.2) is 0 Å². The lowest BCUT2D eigenvalue weighted by Crippen LogP contribution is -2.44. The molecule has 1 saturated carbocycles. The van der Waals surface area contributed by atoms with Crippen LogP contribution in [0.1, 0.15) is 32.1 Å². The van der Waals surface area contributed by atoms with E-state index in [1.807, 2.05) is 0 Å². The van der Waals surface area contributed by atoms with Crippen molar-refractivity contribution in [2.45, 2.75) is 42.5 Å². The molecule has 0 aromatic rings. The molecule has 0 bridgehead atoms. The predicted octanol–water partition coefficient (Wildman–Crippen LogP) is 1.21. The normalized spacial score (nSPS) is 21.4. The smallest absolute Gasteiger partial charge is 0.320 e. The Kier molecular flexibility index (Phi) is 5.72. The second-order valence-electron chi connectivity index (χ2n) is 4.41. The lowest BCUT2D eigenvalue weighted by atomic mass is 9.85. The highest BCUT2D eigenvalue weighted by atomic mass is 79.9. The number of alkyl halides is 1. The van der Waals surface area contributed by atoms with Crippen molar-refractivity contribution < 1.29 is 14.6 Å². The first kappa shape index (κ1) is 13.9. The van der Waals surface area contributed by atoms with Crippen LogP contribution in [0.2, 0.25) is 0 Å².